The lowest BCUT2D eigenvalue weighted by Crippen LogP contribution is -2.17. The summed E-state index contributed by atoms with van der Waals surface area (Å²) in [5, 5.41) is 2.06. The minimum Gasteiger partial charge on any atom is -0.462 e. The van der Waals surface area contributed by atoms with E-state index >= 15 is 0 Å². The third kappa shape index (κ3) is 4.85. The quantitative estimate of drug-likeness (QED) is 0.637. The van der Waals surface area contributed by atoms with E-state index in [1.807, 2.05) is 24.3 Å². The van der Waals surface area contributed by atoms with Crippen LogP contribution >= 0.6 is 11.3 Å². The largest absolute Gasteiger partial charge is 0.462 e. The van der Waals surface area contributed by atoms with E-state index in [9.17, 15) is 4.79 Å². The molecular weight excluding hydrogens is 292 g/mol. The van der Waals surface area contributed by atoms with E-state index in [2.05, 4.69) is 31.9 Å². The highest BCUT2D eigenvalue weighted by atomic mass is 32.1. The third-order valence-corrected chi connectivity index (χ3v) is 4.55. The maximum absolute atomic E-state index is 11.9. The van der Waals surface area contributed by atoms with E-state index in [0.29, 0.717) is 12.2 Å². The molecule has 0 unspecified atom stereocenters. The van der Waals surface area contributed by atoms with Crippen LogP contribution in [0.4, 0.5) is 0 Å². The predicted octanol–water partition coefficient (Wildman–Crippen LogP) is 5.42. The number of thiophene rings is 1. The van der Waals surface area contributed by atoms with Gasteiger partial charge in [-0.1, -0.05) is 44.7 Å². The molecule has 0 saturated carbocycles. The number of rotatable bonds is 7. The van der Waals surface area contributed by atoms with Gasteiger partial charge in [0.1, 0.15) is 0 Å². The maximum Gasteiger partial charge on any atom is 0.338 e. The molecule has 2 nitrogen and oxygen atoms in total. The monoisotopic (exact) mass is 314 g/mol. The van der Waals surface area contributed by atoms with Crippen LogP contribution in [0.25, 0.3) is 5.57 Å². The molecule has 1 aromatic heterocycles. The Kier molecular flexibility index (Phi) is 5.56. The first kappa shape index (κ1) is 16.5. The SMILES string of the molecule is C=C(CC(C)(C)CCOC(=O)c1ccccc1)c1cccs1. The highest BCUT2D eigenvalue weighted by Crippen LogP contribution is 2.34. The fourth-order valence-electron chi connectivity index (χ4n) is 2.31. The zero-order valence-electron chi connectivity index (χ0n) is 13.2. The number of benzene rings is 1. The van der Waals surface area contributed by atoms with E-state index in [0.717, 1.165) is 18.4 Å². The molecule has 3 heteroatoms. The standard InChI is InChI=1S/C19H22O2S/c1-15(17-10-7-13-22-17)14-19(2,3)11-12-21-18(20)16-8-5-4-6-9-16/h4-10,13H,1,11-12,14H2,2-3H3. The summed E-state index contributed by atoms with van der Waals surface area (Å²) >= 11 is 1.71. The molecule has 0 spiro atoms. The fraction of sp³-hybridized carbons (Fsp3) is 0.316. The van der Waals surface area contributed by atoms with Crippen LogP contribution in [0, 0.1) is 5.41 Å². The van der Waals surface area contributed by atoms with Crippen molar-refractivity contribution in [3.05, 3.63) is 64.9 Å². The first-order valence-electron chi connectivity index (χ1n) is 7.42. The minimum atomic E-state index is -0.256. The Bertz CT molecular complexity index is 612. The van der Waals surface area contributed by atoms with Crippen molar-refractivity contribution in [2.45, 2.75) is 26.7 Å². The first-order valence-corrected chi connectivity index (χ1v) is 8.30. The summed E-state index contributed by atoms with van der Waals surface area (Å²) in [7, 11) is 0. The molecule has 0 N–H and O–H groups in total. The summed E-state index contributed by atoms with van der Waals surface area (Å²) in [5.41, 5.74) is 1.80. The maximum atomic E-state index is 11.9. The van der Waals surface area contributed by atoms with Gasteiger partial charge in [-0.15, -0.1) is 11.3 Å². The van der Waals surface area contributed by atoms with Crippen LogP contribution in [0.2, 0.25) is 0 Å². The highest BCUT2D eigenvalue weighted by molar-refractivity contribution is 7.11. The van der Waals surface area contributed by atoms with Crippen LogP contribution in [0.5, 0.6) is 0 Å². The average molecular weight is 314 g/mol. The second kappa shape index (κ2) is 7.41. The molecule has 2 rings (SSSR count). The number of allylic oxidation sites excluding steroid dienone is 1. The Morgan fingerprint density at radius 1 is 1.18 bits per heavy atom. The van der Waals surface area contributed by atoms with Crippen molar-refractivity contribution in [2.75, 3.05) is 6.61 Å². The average Bonchev–Trinajstić information content (AvgIpc) is 3.01. The van der Waals surface area contributed by atoms with Gasteiger partial charge in [0.05, 0.1) is 12.2 Å². The lowest BCUT2D eigenvalue weighted by molar-refractivity contribution is 0.0460. The molecule has 0 radical (unpaired) electrons. The van der Waals surface area contributed by atoms with Crippen LogP contribution in [0.15, 0.2) is 54.4 Å². The van der Waals surface area contributed by atoms with Gasteiger partial charge in [0.15, 0.2) is 0 Å². The molecule has 22 heavy (non-hydrogen) atoms. The molecule has 1 aromatic carbocycles. The summed E-state index contributed by atoms with van der Waals surface area (Å²) in [6, 6.07) is 13.2. The number of carbonyl (C=O) groups excluding carboxylic acids is 1. The van der Waals surface area contributed by atoms with Gasteiger partial charge in [0.2, 0.25) is 0 Å². The van der Waals surface area contributed by atoms with Crippen molar-refractivity contribution >= 4 is 22.9 Å². The lowest BCUT2D eigenvalue weighted by Gasteiger charge is -2.25. The Hall–Kier alpha value is -1.87. The first-order chi connectivity index (χ1) is 10.5. The van der Waals surface area contributed by atoms with Gasteiger partial charge in [-0.05, 0) is 47.4 Å². The summed E-state index contributed by atoms with van der Waals surface area (Å²) in [6.07, 6.45) is 1.71. The van der Waals surface area contributed by atoms with Crippen molar-refractivity contribution in [3.63, 3.8) is 0 Å². The van der Waals surface area contributed by atoms with Crippen LogP contribution < -0.4 is 0 Å². The van der Waals surface area contributed by atoms with Gasteiger partial charge in [0.25, 0.3) is 0 Å². The lowest BCUT2D eigenvalue weighted by atomic mass is 9.83. The number of hydrogen-bond donors (Lipinski definition) is 0. The second-order valence-electron chi connectivity index (χ2n) is 6.17. The summed E-state index contributed by atoms with van der Waals surface area (Å²) in [6.45, 7) is 8.97. The van der Waals surface area contributed by atoms with Crippen LogP contribution in [0.3, 0.4) is 0 Å². The number of hydrogen-bond acceptors (Lipinski definition) is 3. The van der Waals surface area contributed by atoms with Crippen molar-refractivity contribution < 1.29 is 9.53 Å². The molecule has 0 aliphatic carbocycles. The van der Waals surface area contributed by atoms with Crippen molar-refractivity contribution in [3.8, 4) is 0 Å². The molecule has 116 valence electrons. The van der Waals surface area contributed by atoms with Crippen LogP contribution in [-0.2, 0) is 4.74 Å². The molecule has 0 aliphatic heterocycles. The van der Waals surface area contributed by atoms with E-state index in [4.69, 9.17) is 4.74 Å². The highest BCUT2D eigenvalue weighted by Gasteiger charge is 2.21. The number of esters is 1. The molecule has 1 heterocycles. The summed E-state index contributed by atoms with van der Waals surface area (Å²) in [5.74, 6) is -0.256. The fourth-order valence-corrected chi connectivity index (χ4v) is 3.01. The van der Waals surface area contributed by atoms with Gasteiger partial charge in [-0.3, -0.25) is 0 Å². The molecule has 0 saturated heterocycles. The molecule has 0 aliphatic rings. The number of carbonyl (C=O) groups is 1. The van der Waals surface area contributed by atoms with Crippen LogP contribution in [-0.4, -0.2) is 12.6 Å². The van der Waals surface area contributed by atoms with E-state index in [1.165, 1.54) is 4.88 Å². The van der Waals surface area contributed by atoms with Crippen molar-refractivity contribution in [1.29, 1.82) is 0 Å². The Morgan fingerprint density at radius 2 is 1.91 bits per heavy atom. The molecule has 0 amide bonds. The van der Waals surface area contributed by atoms with Gasteiger partial charge >= 0.3 is 5.97 Å². The van der Waals surface area contributed by atoms with Crippen LogP contribution in [0.1, 0.15) is 41.9 Å². The van der Waals surface area contributed by atoms with Gasteiger partial charge in [-0.2, -0.15) is 0 Å². The minimum absolute atomic E-state index is 0.0536. The number of ether oxygens (including phenoxy) is 1. The Labute approximate surface area is 136 Å². The van der Waals surface area contributed by atoms with E-state index in [-0.39, 0.29) is 11.4 Å². The van der Waals surface area contributed by atoms with E-state index < -0.39 is 0 Å². The van der Waals surface area contributed by atoms with E-state index in [1.54, 1.807) is 23.5 Å². The predicted molar refractivity (Wildman–Crippen MR) is 93.1 cm³/mol. The molecule has 0 atom stereocenters. The van der Waals surface area contributed by atoms with Gasteiger partial charge < -0.3 is 4.74 Å². The molecule has 0 fully saturated rings. The topological polar surface area (TPSA) is 26.3 Å². The van der Waals surface area contributed by atoms with Gasteiger partial charge in [-0.25, -0.2) is 4.79 Å². The summed E-state index contributed by atoms with van der Waals surface area (Å²) < 4.78 is 5.37. The smallest absolute Gasteiger partial charge is 0.338 e. The zero-order valence-corrected chi connectivity index (χ0v) is 14.0. The normalized spacial score (nSPS) is 11.2. The Morgan fingerprint density at radius 3 is 2.55 bits per heavy atom. The third-order valence-electron chi connectivity index (χ3n) is 3.58. The van der Waals surface area contributed by atoms with Crippen molar-refractivity contribution in [2.24, 2.45) is 5.41 Å². The van der Waals surface area contributed by atoms with Crippen molar-refractivity contribution in [1.82, 2.24) is 0 Å². The van der Waals surface area contributed by atoms with Gasteiger partial charge in [0, 0.05) is 4.88 Å². The zero-order chi connectivity index (χ0) is 16.0. The Balaban J connectivity index is 1.80. The molecule has 0 bridgehead atoms. The molecular formula is C19H22O2S. The second-order valence-corrected chi connectivity index (χ2v) is 7.12. The molecule has 2 aromatic rings. The summed E-state index contributed by atoms with van der Waals surface area (Å²) in [4.78, 5) is 13.1.